The fourth-order valence-electron chi connectivity index (χ4n) is 2.59. The van der Waals surface area contributed by atoms with E-state index in [-0.39, 0.29) is 6.61 Å². The standard InChI is InChI=1S/C15H17F3N2O3S/c1-3-23-12(21)10-11(9-6-4-8(2)5-7-9)19-13(24)20-14(10,22)15(16,17)18/h4-7,10-11,22H,3H2,1-2H3,(H2,19,20,24)/t10-,11+,14+/m1/s1. The molecular weight excluding hydrogens is 345 g/mol. The summed E-state index contributed by atoms with van der Waals surface area (Å²) in [6.07, 6.45) is -5.14. The lowest BCUT2D eigenvalue weighted by Crippen LogP contribution is -2.73. The molecule has 1 aromatic rings. The number of carbonyl (C=O) groups is 1. The Kier molecular flexibility index (Phi) is 5.05. The molecule has 1 heterocycles. The summed E-state index contributed by atoms with van der Waals surface area (Å²) in [5, 5.41) is 14.3. The number of rotatable bonds is 3. The molecule has 3 N–H and O–H groups in total. The highest BCUT2D eigenvalue weighted by Crippen LogP contribution is 2.43. The molecule has 3 atom stereocenters. The maximum Gasteiger partial charge on any atom is 0.437 e. The molecule has 1 aliphatic heterocycles. The topological polar surface area (TPSA) is 70.6 Å². The summed E-state index contributed by atoms with van der Waals surface area (Å²) in [6, 6.07) is 5.34. The minimum absolute atomic E-state index is 0.117. The fourth-order valence-corrected chi connectivity index (χ4v) is 2.87. The van der Waals surface area contributed by atoms with Crippen LogP contribution in [0.15, 0.2) is 24.3 Å². The number of ether oxygens (including phenoxy) is 1. The molecule has 5 nitrogen and oxygen atoms in total. The third-order valence-electron chi connectivity index (χ3n) is 3.78. The Bertz CT molecular complexity index is 636. The SMILES string of the molecule is CCOC(=O)[C@H]1[C@H](c2ccc(C)cc2)NC(=S)N[C@@]1(O)C(F)(F)F. The van der Waals surface area contributed by atoms with Crippen molar-refractivity contribution in [3.8, 4) is 0 Å². The number of hydrogen-bond donors (Lipinski definition) is 3. The lowest BCUT2D eigenvalue weighted by atomic mass is 9.82. The van der Waals surface area contributed by atoms with Crippen LogP contribution < -0.4 is 10.6 Å². The third-order valence-corrected chi connectivity index (χ3v) is 4.00. The summed E-state index contributed by atoms with van der Waals surface area (Å²) in [5.41, 5.74) is -2.25. The monoisotopic (exact) mass is 362 g/mol. The Balaban J connectivity index is 2.55. The van der Waals surface area contributed by atoms with E-state index in [1.165, 1.54) is 6.92 Å². The zero-order valence-corrected chi connectivity index (χ0v) is 13.8. The Morgan fingerprint density at radius 1 is 1.38 bits per heavy atom. The molecule has 1 aromatic carbocycles. The van der Waals surface area contributed by atoms with Crippen LogP contribution in [0, 0.1) is 12.8 Å². The molecule has 0 aliphatic carbocycles. The van der Waals surface area contributed by atoms with Crippen LogP contribution in [-0.2, 0) is 9.53 Å². The number of thiocarbonyl (C=S) groups is 1. The number of alkyl halides is 3. The highest BCUT2D eigenvalue weighted by molar-refractivity contribution is 7.80. The summed E-state index contributed by atoms with van der Waals surface area (Å²) in [5.74, 6) is -3.14. The number of carbonyl (C=O) groups excluding carboxylic acids is 1. The van der Waals surface area contributed by atoms with E-state index in [1.807, 2.05) is 6.92 Å². The van der Waals surface area contributed by atoms with Gasteiger partial charge in [-0.1, -0.05) is 29.8 Å². The molecule has 24 heavy (non-hydrogen) atoms. The van der Waals surface area contributed by atoms with E-state index in [2.05, 4.69) is 5.32 Å². The van der Waals surface area contributed by atoms with Gasteiger partial charge in [-0.2, -0.15) is 13.2 Å². The molecule has 1 saturated heterocycles. The van der Waals surface area contributed by atoms with Crippen LogP contribution >= 0.6 is 12.2 Å². The van der Waals surface area contributed by atoms with Crippen molar-refractivity contribution < 1.29 is 27.8 Å². The van der Waals surface area contributed by atoms with Crippen molar-refractivity contribution in [2.24, 2.45) is 5.92 Å². The summed E-state index contributed by atoms with van der Waals surface area (Å²) >= 11 is 4.80. The Labute approximate surface area is 142 Å². The molecule has 0 amide bonds. The largest absolute Gasteiger partial charge is 0.466 e. The summed E-state index contributed by atoms with van der Waals surface area (Å²) in [7, 11) is 0. The maximum atomic E-state index is 13.5. The molecule has 9 heteroatoms. The molecular formula is C15H17F3N2O3S. The van der Waals surface area contributed by atoms with Crippen LogP contribution in [0.3, 0.4) is 0 Å². The van der Waals surface area contributed by atoms with Gasteiger partial charge in [-0.15, -0.1) is 0 Å². The number of aliphatic hydroxyl groups is 1. The van der Waals surface area contributed by atoms with Gasteiger partial charge in [0.25, 0.3) is 5.72 Å². The normalized spacial score (nSPS) is 27.2. The molecule has 1 aliphatic rings. The zero-order chi connectivity index (χ0) is 18.1. The zero-order valence-electron chi connectivity index (χ0n) is 13.0. The Hall–Kier alpha value is -1.87. The second kappa shape index (κ2) is 6.56. The predicted octanol–water partition coefficient (Wildman–Crippen LogP) is 1.94. The van der Waals surface area contributed by atoms with Crippen molar-refractivity contribution in [1.82, 2.24) is 10.6 Å². The van der Waals surface area contributed by atoms with Crippen LogP contribution in [0.2, 0.25) is 0 Å². The van der Waals surface area contributed by atoms with E-state index in [9.17, 15) is 23.1 Å². The Morgan fingerprint density at radius 2 is 1.96 bits per heavy atom. The predicted molar refractivity (Wildman–Crippen MR) is 83.9 cm³/mol. The van der Waals surface area contributed by atoms with Crippen LogP contribution in [0.5, 0.6) is 0 Å². The van der Waals surface area contributed by atoms with E-state index >= 15 is 0 Å². The van der Waals surface area contributed by atoms with Crippen LogP contribution in [0.1, 0.15) is 24.1 Å². The van der Waals surface area contributed by atoms with E-state index < -0.39 is 34.9 Å². The van der Waals surface area contributed by atoms with Crippen molar-refractivity contribution in [3.05, 3.63) is 35.4 Å². The molecule has 0 unspecified atom stereocenters. The first-order valence-electron chi connectivity index (χ1n) is 7.21. The number of nitrogens with one attached hydrogen (secondary N) is 2. The second-order valence-corrected chi connectivity index (χ2v) is 5.89. The quantitative estimate of drug-likeness (QED) is 0.564. The van der Waals surface area contributed by atoms with Gasteiger partial charge in [0.2, 0.25) is 0 Å². The van der Waals surface area contributed by atoms with Crippen molar-refractivity contribution in [1.29, 1.82) is 0 Å². The second-order valence-electron chi connectivity index (χ2n) is 5.48. The molecule has 0 bridgehead atoms. The smallest absolute Gasteiger partial charge is 0.437 e. The summed E-state index contributed by atoms with van der Waals surface area (Å²) in [4.78, 5) is 12.2. The summed E-state index contributed by atoms with van der Waals surface area (Å²) in [6.45, 7) is 3.17. The van der Waals surface area contributed by atoms with Crippen molar-refractivity contribution in [3.63, 3.8) is 0 Å². The van der Waals surface area contributed by atoms with Crippen molar-refractivity contribution in [2.45, 2.75) is 31.8 Å². The van der Waals surface area contributed by atoms with E-state index in [0.29, 0.717) is 5.56 Å². The molecule has 0 spiro atoms. The van der Waals surface area contributed by atoms with Gasteiger partial charge < -0.3 is 20.5 Å². The van der Waals surface area contributed by atoms with E-state index in [1.54, 1.807) is 29.6 Å². The van der Waals surface area contributed by atoms with Gasteiger partial charge in [0, 0.05) is 0 Å². The first-order chi connectivity index (χ1) is 11.1. The van der Waals surface area contributed by atoms with Crippen molar-refractivity contribution >= 4 is 23.3 Å². The average molecular weight is 362 g/mol. The first kappa shape index (κ1) is 18.5. The van der Waals surface area contributed by atoms with Gasteiger partial charge >= 0.3 is 12.1 Å². The highest BCUT2D eigenvalue weighted by atomic mass is 32.1. The van der Waals surface area contributed by atoms with Gasteiger partial charge in [-0.3, -0.25) is 4.79 Å². The van der Waals surface area contributed by atoms with E-state index in [0.717, 1.165) is 5.56 Å². The van der Waals surface area contributed by atoms with Gasteiger partial charge in [0.05, 0.1) is 12.6 Å². The number of esters is 1. The molecule has 132 valence electrons. The minimum Gasteiger partial charge on any atom is -0.466 e. The molecule has 2 rings (SSSR count). The number of hydrogen-bond acceptors (Lipinski definition) is 4. The van der Waals surface area contributed by atoms with Crippen LogP contribution in [-0.4, -0.2) is 34.7 Å². The van der Waals surface area contributed by atoms with E-state index in [4.69, 9.17) is 17.0 Å². The third kappa shape index (κ3) is 3.32. The number of benzene rings is 1. The molecule has 0 aromatic heterocycles. The summed E-state index contributed by atoms with van der Waals surface area (Å²) < 4.78 is 45.2. The van der Waals surface area contributed by atoms with Gasteiger partial charge in [-0.05, 0) is 31.6 Å². The fraction of sp³-hybridized carbons (Fsp3) is 0.467. The lowest BCUT2D eigenvalue weighted by Gasteiger charge is -2.45. The molecule has 1 fully saturated rings. The number of aryl methyl sites for hydroxylation is 1. The van der Waals surface area contributed by atoms with Gasteiger partial charge in [0.1, 0.15) is 5.92 Å². The lowest BCUT2D eigenvalue weighted by molar-refractivity contribution is -0.292. The minimum atomic E-state index is -5.14. The van der Waals surface area contributed by atoms with Crippen LogP contribution in [0.4, 0.5) is 13.2 Å². The van der Waals surface area contributed by atoms with Crippen molar-refractivity contribution in [2.75, 3.05) is 6.61 Å². The Morgan fingerprint density at radius 3 is 2.46 bits per heavy atom. The highest BCUT2D eigenvalue weighted by Gasteiger charge is 2.66. The van der Waals surface area contributed by atoms with Crippen LogP contribution in [0.25, 0.3) is 0 Å². The molecule has 0 radical (unpaired) electrons. The van der Waals surface area contributed by atoms with Gasteiger partial charge in [0.15, 0.2) is 5.11 Å². The first-order valence-corrected chi connectivity index (χ1v) is 7.62. The molecule has 0 saturated carbocycles. The number of halogens is 3. The average Bonchev–Trinajstić information content (AvgIpc) is 2.46. The van der Waals surface area contributed by atoms with Gasteiger partial charge in [-0.25, -0.2) is 0 Å². The maximum absolute atomic E-state index is 13.5.